The van der Waals surface area contributed by atoms with E-state index < -0.39 is 0 Å². The Morgan fingerprint density at radius 1 is 1.27 bits per heavy atom. The maximum atomic E-state index is 9.20. The SMILES string of the molecule is N#CC(=CNc1ccccc1N1CCCCC1)c1nn[nH]n1. The highest BCUT2D eigenvalue weighted by Gasteiger charge is 2.14. The van der Waals surface area contributed by atoms with Gasteiger partial charge in [-0.2, -0.15) is 10.5 Å². The summed E-state index contributed by atoms with van der Waals surface area (Å²) in [6, 6.07) is 10.2. The van der Waals surface area contributed by atoms with Crippen molar-refractivity contribution in [2.75, 3.05) is 23.3 Å². The molecule has 1 fully saturated rings. The number of hydrogen-bond donors (Lipinski definition) is 2. The molecule has 1 aliphatic heterocycles. The number of para-hydroxylation sites is 2. The Morgan fingerprint density at radius 2 is 2.09 bits per heavy atom. The summed E-state index contributed by atoms with van der Waals surface area (Å²) >= 11 is 0. The molecule has 0 saturated carbocycles. The molecule has 0 radical (unpaired) electrons. The van der Waals surface area contributed by atoms with E-state index in [9.17, 15) is 5.26 Å². The van der Waals surface area contributed by atoms with Crippen molar-refractivity contribution in [3.63, 3.8) is 0 Å². The van der Waals surface area contributed by atoms with Crippen LogP contribution in [0.25, 0.3) is 5.57 Å². The lowest BCUT2D eigenvalue weighted by Crippen LogP contribution is -2.29. The number of piperidine rings is 1. The van der Waals surface area contributed by atoms with Crippen molar-refractivity contribution in [2.24, 2.45) is 0 Å². The van der Waals surface area contributed by atoms with Gasteiger partial charge in [0.2, 0.25) is 5.82 Å². The minimum absolute atomic E-state index is 0.283. The van der Waals surface area contributed by atoms with Crippen molar-refractivity contribution < 1.29 is 0 Å². The van der Waals surface area contributed by atoms with E-state index in [1.807, 2.05) is 18.2 Å². The number of H-pyrrole nitrogens is 1. The number of nitriles is 1. The quantitative estimate of drug-likeness (QED) is 0.840. The van der Waals surface area contributed by atoms with Crippen LogP contribution in [0.1, 0.15) is 25.1 Å². The summed E-state index contributed by atoms with van der Waals surface area (Å²) in [4.78, 5) is 2.38. The summed E-state index contributed by atoms with van der Waals surface area (Å²) in [5.41, 5.74) is 2.46. The smallest absolute Gasteiger partial charge is 0.216 e. The molecular formula is C15H17N7. The summed E-state index contributed by atoms with van der Waals surface area (Å²) in [5, 5.41) is 25.9. The predicted molar refractivity (Wildman–Crippen MR) is 83.9 cm³/mol. The van der Waals surface area contributed by atoms with Crippen molar-refractivity contribution in [1.29, 1.82) is 5.26 Å². The van der Waals surface area contributed by atoms with Crippen LogP contribution < -0.4 is 10.2 Å². The minimum Gasteiger partial charge on any atom is -0.370 e. The highest BCUT2D eigenvalue weighted by Crippen LogP contribution is 2.28. The Bertz CT molecular complexity index is 678. The topological polar surface area (TPSA) is 93.5 Å². The summed E-state index contributed by atoms with van der Waals surface area (Å²) < 4.78 is 0. The molecule has 1 aliphatic rings. The first-order valence-corrected chi connectivity index (χ1v) is 7.33. The lowest BCUT2D eigenvalue weighted by Gasteiger charge is -2.30. The van der Waals surface area contributed by atoms with E-state index in [1.54, 1.807) is 6.20 Å². The van der Waals surface area contributed by atoms with E-state index in [4.69, 9.17) is 0 Å². The second kappa shape index (κ2) is 6.72. The van der Waals surface area contributed by atoms with Crippen LogP contribution in [0.4, 0.5) is 11.4 Å². The molecule has 7 heteroatoms. The molecule has 22 heavy (non-hydrogen) atoms. The second-order valence-electron chi connectivity index (χ2n) is 5.11. The van der Waals surface area contributed by atoms with Crippen LogP contribution in [0, 0.1) is 11.3 Å². The van der Waals surface area contributed by atoms with Gasteiger partial charge in [0, 0.05) is 19.3 Å². The summed E-state index contributed by atoms with van der Waals surface area (Å²) in [6.07, 6.45) is 5.35. The van der Waals surface area contributed by atoms with E-state index >= 15 is 0 Å². The number of aromatic nitrogens is 4. The number of hydrogen-bond acceptors (Lipinski definition) is 6. The van der Waals surface area contributed by atoms with E-state index in [-0.39, 0.29) is 5.82 Å². The number of allylic oxidation sites excluding steroid dienone is 1. The molecule has 2 N–H and O–H groups in total. The third-order valence-electron chi connectivity index (χ3n) is 3.68. The van der Waals surface area contributed by atoms with Crippen molar-refractivity contribution in [3.05, 3.63) is 36.3 Å². The molecule has 0 atom stereocenters. The monoisotopic (exact) mass is 295 g/mol. The van der Waals surface area contributed by atoms with Gasteiger partial charge in [-0.1, -0.05) is 12.1 Å². The molecule has 0 spiro atoms. The number of aromatic amines is 1. The highest BCUT2D eigenvalue weighted by atomic mass is 15.5. The van der Waals surface area contributed by atoms with Crippen molar-refractivity contribution in [1.82, 2.24) is 20.6 Å². The fourth-order valence-corrected chi connectivity index (χ4v) is 2.58. The number of tetrazole rings is 1. The van der Waals surface area contributed by atoms with E-state index in [2.05, 4.69) is 43.0 Å². The lowest BCUT2D eigenvalue weighted by molar-refractivity contribution is 0.578. The Labute approximate surface area is 128 Å². The van der Waals surface area contributed by atoms with Crippen LogP contribution in [0.3, 0.4) is 0 Å². The van der Waals surface area contributed by atoms with Crippen LogP contribution in [0.5, 0.6) is 0 Å². The number of anilines is 2. The standard InChI is InChI=1S/C15H17N7/c16-10-12(15-18-20-21-19-15)11-17-13-6-2-3-7-14(13)22-8-4-1-5-9-22/h2-3,6-7,11,17H,1,4-5,8-9H2,(H,18,19,20,21). The molecule has 112 valence electrons. The van der Waals surface area contributed by atoms with Gasteiger partial charge in [0.25, 0.3) is 0 Å². The molecule has 1 aromatic carbocycles. The maximum absolute atomic E-state index is 9.20. The van der Waals surface area contributed by atoms with Crippen molar-refractivity contribution >= 4 is 16.9 Å². The fourth-order valence-electron chi connectivity index (χ4n) is 2.58. The molecule has 0 amide bonds. The van der Waals surface area contributed by atoms with Gasteiger partial charge in [0.1, 0.15) is 11.6 Å². The summed E-state index contributed by atoms with van der Waals surface area (Å²) in [7, 11) is 0. The predicted octanol–water partition coefficient (Wildman–Crippen LogP) is 2.17. The van der Waals surface area contributed by atoms with Crippen LogP contribution in [0.15, 0.2) is 30.5 Å². The van der Waals surface area contributed by atoms with Crippen LogP contribution in [-0.4, -0.2) is 33.7 Å². The first-order valence-electron chi connectivity index (χ1n) is 7.33. The zero-order chi connectivity index (χ0) is 15.2. The molecule has 2 aromatic rings. The van der Waals surface area contributed by atoms with Crippen LogP contribution in [0.2, 0.25) is 0 Å². The molecule has 7 nitrogen and oxygen atoms in total. The third kappa shape index (κ3) is 3.06. The number of benzene rings is 1. The summed E-state index contributed by atoms with van der Waals surface area (Å²) in [6.45, 7) is 2.14. The van der Waals surface area contributed by atoms with Gasteiger partial charge in [0.15, 0.2) is 0 Å². The lowest BCUT2D eigenvalue weighted by atomic mass is 10.1. The first-order chi connectivity index (χ1) is 10.9. The Morgan fingerprint density at radius 3 is 2.82 bits per heavy atom. The average molecular weight is 295 g/mol. The minimum atomic E-state index is 0.283. The molecule has 3 rings (SSSR count). The first kappa shape index (κ1) is 14.1. The number of nitrogens with one attached hydrogen (secondary N) is 2. The maximum Gasteiger partial charge on any atom is 0.216 e. The fraction of sp³-hybridized carbons (Fsp3) is 0.333. The molecular weight excluding hydrogens is 278 g/mol. The second-order valence-corrected chi connectivity index (χ2v) is 5.11. The van der Waals surface area contributed by atoms with Gasteiger partial charge < -0.3 is 10.2 Å². The zero-order valence-electron chi connectivity index (χ0n) is 12.2. The van der Waals surface area contributed by atoms with Gasteiger partial charge in [-0.3, -0.25) is 0 Å². The molecule has 0 aliphatic carbocycles. The molecule has 2 heterocycles. The van der Waals surface area contributed by atoms with Gasteiger partial charge in [-0.05, 0) is 36.6 Å². The molecule has 1 saturated heterocycles. The van der Waals surface area contributed by atoms with E-state index in [0.29, 0.717) is 5.57 Å². The van der Waals surface area contributed by atoms with Crippen LogP contribution >= 0.6 is 0 Å². The third-order valence-corrected chi connectivity index (χ3v) is 3.68. The van der Waals surface area contributed by atoms with Crippen molar-refractivity contribution in [2.45, 2.75) is 19.3 Å². The van der Waals surface area contributed by atoms with E-state index in [0.717, 1.165) is 24.5 Å². The zero-order valence-corrected chi connectivity index (χ0v) is 12.2. The average Bonchev–Trinajstić information content (AvgIpc) is 3.11. The number of rotatable bonds is 4. The largest absolute Gasteiger partial charge is 0.370 e. The molecule has 0 bridgehead atoms. The van der Waals surface area contributed by atoms with Gasteiger partial charge >= 0.3 is 0 Å². The van der Waals surface area contributed by atoms with Gasteiger partial charge in [-0.25, -0.2) is 0 Å². The summed E-state index contributed by atoms with van der Waals surface area (Å²) in [5.74, 6) is 0.283. The van der Waals surface area contributed by atoms with Gasteiger partial charge in [-0.15, -0.1) is 10.2 Å². The number of nitrogens with zero attached hydrogens (tertiary/aromatic N) is 5. The Kier molecular flexibility index (Phi) is 4.30. The van der Waals surface area contributed by atoms with E-state index in [1.165, 1.54) is 19.3 Å². The van der Waals surface area contributed by atoms with Gasteiger partial charge in [0.05, 0.1) is 11.4 Å². The normalized spacial score (nSPS) is 15.4. The molecule has 1 aromatic heterocycles. The Balaban J connectivity index is 1.82. The molecule has 0 unspecified atom stereocenters. The van der Waals surface area contributed by atoms with Crippen molar-refractivity contribution in [3.8, 4) is 6.07 Å². The highest BCUT2D eigenvalue weighted by molar-refractivity contribution is 5.77. The van der Waals surface area contributed by atoms with Crippen LogP contribution in [-0.2, 0) is 0 Å². The Hall–Kier alpha value is -2.88.